The van der Waals surface area contributed by atoms with Crippen LogP contribution in [0.1, 0.15) is 16.7 Å². The number of nitrogens with zero attached hydrogens (tertiary/aromatic N) is 4. The van der Waals surface area contributed by atoms with Crippen LogP contribution >= 0.6 is 11.8 Å². The lowest BCUT2D eigenvalue weighted by molar-refractivity contribution is -0.138. The number of likely N-dealkylation sites (N-methyl/N-ethyl adjacent to an activating group) is 1. The molecule has 2 fully saturated rings. The summed E-state index contributed by atoms with van der Waals surface area (Å²) in [6.45, 7) is 5.28. The van der Waals surface area contributed by atoms with Crippen molar-refractivity contribution in [1.82, 2.24) is 15.1 Å². The molecule has 4 rings (SSSR count). The Kier molecular flexibility index (Phi) is 8.16. The third-order valence-electron chi connectivity index (χ3n) is 5.81. The average Bonchev–Trinajstić information content (AvgIpc) is 3.20. The third kappa shape index (κ3) is 6.88. The van der Waals surface area contributed by atoms with Crippen LogP contribution in [0.2, 0.25) is 0 Å². The van der Waals surface area contributed by atoms with Gasteiger partial charge in [-0.15, -0.1) is 0 Å². The maximum atomic E-state index is 14.7. The predicted molar refractivity (Wildman–Crippen MR) is 133 cm³/mol. The summed E-state index contributed by atoms with van der Waals surface area (Å²) in [5, 5.41) is 12.0. The van der Waals surface area contributed by atoms with Crippen LogP contribution in [0.5, 0.6) is 11.5 Å². The fourth-order valence-electron chi connectivity index (χ4n) is 3.74. The van der Waals surface area contributed by atoms with Crippen LogP contribution in [0, 0.1) is 17.1 Å². The summed E-state index contributed by atoms with van der Waals surface area (Å²) in [4.78, 5) is 21.7. The number of alkyl halides is 3. The molecule has 0 aromatic heterocycles. The van der Waals surface area contributed by atoms with Crippen molar-refractivity contribution in [2.75, 3.05) is 46.3 Å². The fourth-order valence-corrected chi connectivity index (χ4v) is 4.58. The van der Waals surface area contributed by atoms with E-state index in [1.807, 2.05) is 0 Å². The Bertz CT molecular complexity index is 1280. The quantitative estimate of drug-likeness (QED) is 0.440. The second-order valence-electron chi connectivity index (χ2n) is 8.51. The van der Waals surface area contributed by atoms with Crippen molar-refractivity contribution in [2.45, 2.75) is 6.18 Å². The first-order valence-electron chi connectivity index (χ1n) is 11.4. The van der Waals surface area contributed by atoms with Gasteiger partial charge >= 0.3 is 6.18 Å². The molecule has 2 aromatic carbocycles. The molecular weight excluding hydrogens is 510 g/mol. The van der Waals surface area contributed by atoms with Crippen LogP contribution in [0.4, 0.5) is 17.6 Å². The summed E-state index contributed by atoms with van der Waals surface area (Å²) in [5.41, 5.74) is -1.05. The molecule has 0 saturated carbocycles. The first kappa shape index (κ1) is 26.7. The topological polar surface area (TPSA) is 81.0 Å². The van der Waals surface area contributed by atoms with Crippen molar-refractivity contribution < 1.29 is 27.1 Å². The van der Waals surface area contributed by atoms with Gasteiger partial charge in [0.25, 0.3) is 5.91 Å². The van der Waals surface area contributed by atoms with Gasteiger partial charge in [-0.25, -0.2) is 4.39 Å². The van der Waals surface area contributed by atoms with Crippen molar-refractivity contribution >= 4 is 28.9 Å². The Morgan fingerprint density at radius 2 is 1.89 bits per heavy atom. The minimum atomic E-state index is -4.79. The summed E-state index contributed by atoms with van der Waals surface area (Å²) in [7, 11) is 2.08. The Morgan fingerprint density at radius 3 is 2.57 bits per heavy atom. The summed E-state index contributed by atoms with van der Waals surface area (Å²) in [6, 6.07) is 8.08. The number of hydrogen-bond donors (Lipinski definition) is 1. The molecule has 0 unspecified atom stereocenters. The van der Waals surface area contributed by atoms with Crippen molar-refractivity contribution in [2.24, 2.45) is 4.99 Å². The van der Waals surface area contributed by atoms with Gasteiger partial charge in [-0.2, -0.15) is 18.4 Å². The van der Waals surface area contributed by atoms with Gasteiger partial charge in [0.2, 0.25) is 0 Å². The molecule has 2 aromatic rings. The second-order valence-corrected chi connectivity index (χ2v) is 9.54. The summed E-state index contributed by atoms with van der Waals surface area (Å²) < 4.78 is 60.0. The highest BCUT2D eigenvalue weighted by molar-refractivity contribution is 8.18. The number of hydrogen-bond acceptors (Lipinski definition) is 7. The molecule has 1 amide bonds. The van der Waals surface area contributed by atoms with Gasteiger partial charge in [-0.3, -0.25) is 14.7 Å². The lowest BCUT2D eigenvalue weighted by Gasteiger charge is -2.31. The van der Waals surface area contributed by atoms with E-state index in [0.717, 1.165) is 62.7 Å². The minimum Gasteiger partial charge on any atom is -0.454 e. The van der Waals surface area contributed by atoms with Crippen LogP contribution in [-0.4, -0.2) is 67.2 Å². The van der Waals surface area contributed by atoms with E-state index in [1.165, 1.54) is 18.2 Å². The minimum absolute atomic E-state index is 0.198. The molecule has 37 heavy (non-hydrogen) atoms. The zero-order valence-electron chi connectivity index (χ0n) is 19.8. The fraction of sp³-hybridized carbons (Fsp3) is 0.320. The number of thioether (sulfide) groups is 1. The Labute approximate surface area is 215 Å². The number of ether oxygens (including phenoxy) is 1. The Balaban J connectivity index is 1.42. The maximum absolute atomic E-state index is 14.7. The SMILES string of the molecule is CN1CCN(CCN=C2NC(=O)/C(=C/c3ccc(Oc4ccc(C#N)cc4C(F)(F)F)c(F)c3)S2)CC1. The molecule has 2 aliphatic heterocycles. The molecule has 2 heterocycles. The second kappa shape index (κ2) is 11.3. The lowest BCUT2D eigenvalue weighted by atomic mass is 10.1. The highest BCUT2D eigenvalue weighted by Gasteiger charge is 2.35. The Hall–Kier alpha value is -3.40. The van der Waals surface area contributed by atoms with Gasteiger partial charge in [0.1, 0.15) is 5.75 Å². The number of amides is 1. The molecule has 2 saturated heterocycles. The van der Waals surface area contributed by atoms with Crippen molar-refractivity contribution in [3.05, 3.63) is 63.8 Å². The van der Waals surface area contributed by atoms with Gasteiger partial charge < -0.3 is 15.0 Å². The predicted octanol–water partition coefficient (Wildman–Crippen LogP) is 4.32. The highest BCUT2D eigenvalue weighted by atomic mass is 32.2. The molecule has 0 spiro atoms. The first-order valence-corrected chi connectivity index (χ1v) is 12.2. The van der Waals surface area contributed by atoms with Crippen LogP contribution in [0.15, 0.2) is 46.3 Å². The molecule has 7 nitrogen and oxygen atoms in total. The van der Waals surface area contributed by atoms with E-state index in [1.54, 1.807) is 6.07 Å². The van der Waals surface area contributed by atoms with E-state index in [9.17, 15) is 22.4 Å². The number of nitrogens with one attached hydrogen (secondary N) is 1. The number of rotatable bonds is 6. The summed E-state index contributed by atoms with van der Waals surface area (Å²) in [5.74, 6) is -2.32. The number of benzene rings is 2. The molecule has 0 radical (unpaired) electrons. The van der Waals surface area contributed by atoms with Crippen molar-refractivity contribution in [1.29, 1.82) is 5.26 Å². The molecule has 2 aliphatic rings. The maximum Gasteiger partial charge on any atom is 0.420 e. The smallest absolute Gasteiger partial charge is 0.420 e. The normalized spacial score (nSPS) is 19.3. The van der Waals surface area contributed by atoms with Gasteiger partial charge in [-0.1, -0.05) is 6.07 Å². The van der Waals surface area contributed by atoms with Gasteiger partial charge in [0, 0.05) is 32.7 Å². The van der Waals surface area contributed by atoms with E-state index < -0.39 is 29.1 Å². The number of aliphatic imine (C=N–C) groups is 1. The van der Waals surface area contributed by atoms with Crippen LogP contribution in [0.3, 0.4) is 0 Å². The van der Waals surface area contributed by atoms with Crippen molar-refractivity contribution in [3.63, 3.8) is 0 Å². The molecule has 194 valence electrons. The summed E-state index contributed by atoms with van der Waals surface area (Å²) >= 11 is 1.14. The Morgan fingerprint density at radius 1 is 1.16 bits per heavy atom. The molecule has 0 bridgehead atoms. The number of nitriles is 1. The molecule has 12 heteroatoms. The highest BCUT2D eigenvalue weighted by Crippen LogP contribution is 2.39. The van der Waals surface area contributed by atoms with E-state index >= 15 is 0 Å². The number of halogens is 4. The molecule has 1 N–H and O–H groups in total. The largest absolute Gasteiger partial charge is 0.454 e. The third-order valence-corrected chi connectivity index (χ3v) is 6.75. The summed E-state index contributed by atoms with van der Waals surface area (Å²) in [6.07, 6.45) is -3.32. The van der Waals surface area contributed by atoms with Crippen molar-refractivity contribution in [3.8, 4) is 17.6 Å². The molecule has 0 atom stereocenters. The van der Waals surface area contributed by atoms with Crippen LogP contribution in [-0.2, 0) is 11.0 Å². The number of carbonyl (C=O) groups is 1. The monoisotopic (exact) mass is 533 g/mol. The molecule has 0 aliphatic carbocycles. The van der Waals surface area contributed by atoms with Gasteiger partial charge in [-0.05, 0) is 60.8 Å². The zero-order valence-corrected chi connectivity index (χ0v) is 20.6. The number of carbonyl (C=O) groups excluding carboxylic acids is 1. The average molecular weight is 534 g/mol. The van der Waals surface area contributed by atoms with E-state index in [4.69, 9.17) is 10.00 Å². The van der Waals surface area contributed by atoms with Crippen LogP contribution < -0.4 is 10.1 Å². The van der Waals surface area contributed by atoms with Gasteiger partial charge in [0.05, 0.1) is 28.6 Å². The number of piperazine rings is 1. The zero-order chi connectivity index (χ0) is 26.6. The molecular formula is C25H23F4N5O2S. The lowest BCUT2D eigenvalue weighted by Crippen LogP contribution is -2.45. The standard InChI is InChI=1S/C25H23F4N5O2S/c1-33-8-10-34(11-9-33)7-6-31-24-32-23(35)22(37-24)14-16-2-5-21(19(26)13-16)36-20-4-3-17(15-30)12-18(20)25(27,28)29/h2-5,12-14H,6-11H2,1H3,(H,31,32,35)/b22-14-. The van der Waals surface area contributed by atoms with E-state index in [2.05, 4.69) is 27.2 Å². The van der Waals surface area contributed by atoms with E-state index in [-0.39, 0.29) is 11.5 Å². The van der Waals surface area contributed by atoms with E-state index in [0.29, 0.717) is 28.2 Å². The van der Waals surface area contributed by atoms with Crippen LogP contribution in [0.25, 0.3) is 6.08 Å². The van der Waals surface area contributed by atoms with Gasteiger partial charge in [0.15, 0.2) is 16.7 Å². The number of amidine groups is 1. The first-order chi connectivity index (χ1) is 17.6.